The monoisotopic (exact) mass is 241 g/mol. The Morgan fingerprint density at radius 3 is 2.47 bits per heavy atom. The van der Waals surface area contributed by atoms with E-state index < -0.39 is 0 Å². The molecule has 102 valence electrons. The van der Waals surface area contributed by atoms with Crippen molar-refractivity contribution in [2.75, 3.05) is 46.8 Å². The van der Waals surface area contributed by atoms with Crippen molar-refractivity contribution in [3.05, 3.63) is 0 Å². The Balaban J connectivity index is 2.17. The van der Waals surface area contributed by atoms with Crippen molar-refractivity contribution in [1.29, 1.82) is 0 Å². The lowest BCUT2D eigenvalue weighted by atomic mass is 10.0. The molecule has 3 heteroatoms. The first-order valence-electron chi connectivity index (χ1n) is 7.20. The predicted octanol–water partition coefficient (Wildman–Crippen LogP) is 1.65. The largest absolute Gasteiger partial charge is 0.320 e. The third-order valence-corrected chi connectivity index (χ3v) is 3.74. The van der Waals surface area contributed by atoms with Crippen LogP contribution in [0.5, 0.6) is 0 Å². The lowest BCUT2D eigenvalue weighted by Gasteiger charge is -2.37. The van der Waals surface area contributed by atoms with E-state index in [9.17, 15) is 0 Å². The minimum Gasteiger partial charge on any atom is -0.320 e. The molecule has 17 heavy (non-hydrogen) atoms. The number of rotatable bonds is 7. The highest BCUT2D eigenvalue weighted by molar-refractivity contribution is 4.78. The van der Waals surface area contributed by atoms with Crippen molar-refractivity contribution in [2.24, 2.45) is 5.92 Å². The molecule has 0 aromatic rings. The fourth-order valence-electron chi connectivity index (χ4n) is 2.75. The molecule has 1 saturated heterocycles. The fraction of sp³-hybridized carbons (Fsp3) is 1.00. The van der Waals surface area contributed by atoms with E-state index in [-0.39, 0.29) is 0 Å². The van der Waals surface area contributed by atoms with E-state index in [1.807, 2.05) is 7.05 Å². The smallest absolute Gasteiger partial charge is 0.0117 e. The zero-order chi connectivity index (χ0) is 12.7. The predicted molar refractivity (Wildman–Crippen MR) is 75.5 cm³/mol. The zero-order valence-electron chi connectivity index (χ0n) is 12.2. The van der Waals surface area contributed by atoms with Crippen molar-refractivity contribution < 1.29 is 0 Å². The summed E-state index contributed by atoms with van der Waals surface area (Å²) in [4.78, 5) is 5.19. The van der Waals surface area contributed by atoms with Gasteiger partial charge in [-0.15, -0.1) is 0 Å². The van der Waals surface area contributed by atoms with E-state index in [2.05, 4.69) is 36.0 Å². The number of nitrogens with zero attached hydrogens (tertiary/aromatic N) is 2. The second kappa shape index (κ2) is 8.06. The molecule has 1 N–H and O–H groups in total. The summed E-state index contributed by atoms with van der Waals surface area (Å²) < 4.78 is 0. The van der Waals surface area contributed by atoms with E-state index in [4.69, 9.17) is 0 Å². The summed E-state index contributed by atoms with van der Waals surface area (Å²) in [5.74, 6) is 0.805. The molecule has 1 aliphatic rings. The van der Waals surface area contributed by atoms with Crippen molar-refractivity contribution in [2.45, 2.75) is 39.2 Å². The minimum atomic E-state index is 0.805. The fourth-order valence-corrected chi connectivity index (χ4v) is 2.75. The van der Waals surface area contributed by atoms with Gasteiger partial charge in [0.05, 0.1) is 0 Å². The van der Waals surface area contributed by atoms with Crippen LogP contribution >= 0.6 is 0 Å². The van der Waals surface area contributed by atoms with E-state index >= 15 is 0 Å². The molecule has 0 saturated carbocycles. The standard InChI is InChI=1S/C14H31N3/c1-13(2)12-17-10-6-14(7-11-17)16(4)9-5-8-15-3/h13-15H,5-12H2,1-4H3. The van der Waals surface area contributed by atoms with E-state index in [0.29, 0.717) is 0 Å². The molecule has 0 spiro atoms. The van der Waals surface area contributed by atoms with Crippen LogP contribution < -0.4 is 5.32 Å². The van der Waals surface area contributed by atoms with Crippen LogP contribution in [0.3, 0.4) is 0 Å². The lowest BCUT2D eigenvalue weighted by Crippen LogP contribution is -2.44. The van der Waals surface area contributed by atoms with Gasteiger partial charge in [-0.2, -0.15) is 0 Å². The van der Waals surface area contributed by atoms with Crippen LogP contribution in [0.15, 0.2) is 0 Å². The molecule has 0 aromatic heterocycles. The Hall–Kier alpha value is -0.120. The molecule has 0 aliphatic carbocycles. The summed E-state index contributed by atoms with van der Waals surface area (Å²) in [5.41, 5.74) is 0. The van der Waals surface area contributed by atoms with E-state index in [0.717, 1.165) is 18.5 Å². The van der Waals surface area contributed by atoms with Gasteiger partial charge in [0, 0.05) is 12.6 Å². The molecule has 0 aromatic carbocycles. The topological polar surface area (TPSA) is 18.5 Å². The van der Waals surface area contributed by atoms with Gasteiger partial charge in [-0.3, -0.25) is 0 Å². The Labute approximate surface area is 108 Å². The second-order valence-corrected chi connectivity index (χ2v) is 5.86. The maximum atomic E-state index is 3.22. The Morgan fingerprint density at radius 1 is 1.29 bits per heavy atom. The van der Waals surface area contributed by atoms with Crippen LogP contribution in [0.25, 0.3) is 0 Å². The molecule has 0 amide bonds. The molecular weight excluding hydrogens is 210 g/mol. The lowest BCUT2D eigenvalue weighted by molar-refractivity contribution is 0.119. The van der Waals surface area contributed by atoms with Gasteiger partial charge >= 0.3 is 0 Å². The number of piperidine rings is 1. The van der Waals surface area contributed by atoms with Gasteiger partial charge in [-0.25, -0.2) is 0 Å². The van der Waals surface area contributed by atoms with Gasteiger partial charge in [-0.1, -0.05) is 13.8 Å². The number of likely N-dealkylation sites (tertiary alicyclic amines) is 1. The molecule has 1 heterocycles. The molecule has 3 nitrogen and oxygen atoms in total. The average Bonchev–Trinajstić information content (AvgIpc) is 2.29. The Kier molecular flexibility index (Phi) is 7.09. The highest BCUT2D eigenvalue weighted by atomic mass is 15.2. The molecule has 0 bridgehead atoms. The number of nitrogens with one attached hydrogen (secondary N) is 1. The van der Waals surface area contributed by atoms with Crippen molar-refractivity contribution in [1.82, 2.24) is 15.1 Å². The van der Waals surface area contributed by atoms with Crippen molar-refractivity contribution in [3.8, 4) is 0 Å². The van der Waals surface area contributed by atoms with Crippen LogP contribution in [0.2, 0.25) is 0 Å². The van der Waals surface area contributed by atoms with Crippen LogP contribution in [-0.4, -0.2) is 62.7 Å². The highest BCUT2D eigenvalue weighted by Gasteiger charge is 2.22. The summed E-state index contributed by atoms with van der Waals surface area (Å²) in [6, 6.07) is 0.815. The Bertz CT molecular complexity index is 186. The zero-order valence-corrected chi connectivity index (χ0v) is 12.2. The summed E-state index contributed by atoms with van der Waals surface area (Å²) in [5, 5.41) is 3.22. The minimum absolute atomic E-state index is 0.805. The van der Waals surface area contributed by atoms with Gasteiger partial charge in [0.2, 0.25) is 0 Å². The Morgan fingerprint density at radius 2 is 1.94 bits per heavy atom. The van der Waals surface area contributed by atoms with Crippen LogP contribution in [0, 0.1) is 5.92 Å². The summed E-state index contributed by atoms with van der Waals surface area (Å²) in [6.07, 6.45) is 3.96. The molecule has 1 aliphatic heterocycles. The second-order valence-electron chi connectivity index (χ2n) is 5.86. The molecular formula is C14H31N3. The quantitative estimate of drug-likeness (QED) is 0.684. The maximum absolute atomic E-state index is 3.22. The first-order valence-corrected chi connectivity index (χ1v) is 7.20. The van der Waals surface area contributed by atoms with Gasteiger partial charge < -0.3 is 15.1 Å². The molecule has 1 rings (SSSR count). The first kappa shape index (κ1) is 14.9. The SMILES string of the molecule is CNCCCN(C)C1CCN(CC(C)C)CC1. The third-order valence-electron chi connectivity index (χ3n) is 3.74. The average molecular weight is 241 g/mol. The maximum Gasteiger partial charge on any atom is 0.0117 e. The first-order chi connectivity index (χ1) is 8.13. The van der Waals surface area contributed by atoms with Gasteiger partial charge in [0.15, 0.2) is 0 Å². The highest BCUT2D eigenvalue weighted by Crippen LogP contribution is 2.16. The normalized spacial score (nSPS) is 19.4. The van der Waals surface area contributed by atoms with Gasteiger partial charge in [0.25, 0.3) is 0 Å². The van der Waals surface area contributed by atoms with Gasteiger partial charge in [-0.05, 0) is 65.5 Å². The van der Waals surface area contributed by atoms with Crippen molar-refractivity contribution >= 4 is 0 Å². The number of hydrogen-bond acceptors (Lipinski definition) is 3. The summed E-state index contributed by atoms with van der Waals surface area (Å²) in [7, 11) is 4.32. The third kappa shape index (κ3) is 5.84. The molecule has 0 unspecified atom stereocenters. The van der Waals surface area contributed by atoms with Gasteiger partial charge in [0.1, 0.15) is 0 Å². The molecule has 0 radical (unpaired) electrons. The van der Waals surface area contributed by atoms with Crippen LogP contribution in [-0.2, 0) is 0 Å². The van der Waals surface area contributed by atoms with E-state index in [1.165, 1.54) is 45.4 Å². The van der Waals surface area contributed by atoms with Crippen molar-refractivity contribution in [3.63, 3.8) is 0 Å². The van der Waals surface area contributed by atoms with Crippen LogP contribution in [0.4, 0.5) is 0 Å². The van der Waals surface area contributed by atoms with E-state index in [1.54, 1.807) is 0 Å². The number of hydrogen-bond donors (Lipinski definition) is 1. The summed E-state index contributed by atoms with van der Waals surface area (Å²) >= 11 is 0. The molecule has 1 fully saturated rings. The molecule has 0 atom stereocenters. The summed E-state index contributed by atoms with van der Waals surface area (Å²) in [6.45, 7) is 10.9. The van der Waals surface area contributed by atoms with Crippen LogP contribution in [0.1, 0.15) is 33.1 Å².